The number of H-pyrrole nitrogens is 1. The molecule has 8 heteroatoms. The summed E-state index contributed by atoms with van der Waals surface area (Å²) >= 11 is 0. The number of pyridine rings is 1. The van der Waals surface area contributed by atoms with E-state index in [4.69, 9.17) is 5.26 Å². The van der Waals surface area contributed by atoms with Crippen LogP contribution in [0, 0.1) is 17.2 Å². The van der Waals surface area contributed by atoms with Crippen molar-refractivity contribution >= 4 is 22.9 Å². The highest BCUT2D eigenvalue weighted by Gasteiger charge is 2.27. The van der Waals surface area contributed by atoms with E-state index in [0.29, 0.717) is 41.4 Å². The number of amides is 1. The van der Waals surface area contributed by atoms with Gasteiger partial charge in [0.25, 0.3) is 5.91 Å². The van der Waals surface area contributed by atoms with Crippen LogP contribution < -0.4 is 5.32 Å². The Morgan fingerprint density at radius 3 is 3.08 bits per heavy atom. The van der Waals surface area contributed by atoms with Gasteiger partial charge in [0.2, 0.25) is 0 Å². The second-order valence-corrected chi connectivity index (χ2v) is 6.30. The average Bonchev–Trinajstić information content (AvgIpc) is 3.35. The highest BCUT2D eigenvalue weighted by atomic mass is 16.2. The Balaban J connectivity index is 1.35. The molecule has 1 atom stereocenters. The van der Waals surface area contributed by atoms with E-state index in [9.17, 15) is 4.79 Å². The second kappa shape index (κ2) is 6.80. The van der Waals surface area contributed by atoms with Crippen molar-refractivity contribution in [1.29, 1.82) is 5.26 Å². The van der Waals surface area contributed by atoms with E-state index in [1.54, 1.807) is 30.6 Å². The molecule has 1 unspecified atom stereocenters. The van der Waals surface area contributed by atoms with E-state index in [1.807, 2.05) is 11.0 Å². The number of likely N-dealkylation sites (tertiary alicyclic amines) is 1. The number of hydrogen-bond acceptors (Lipinski definition) is 6. The number of nitriles is 1. The van der Waals surface area contributed by atoms with Gasteiger partial charge in [0.15, 0.2) is 5.65 Å². The Kier molecular flexibility index (Phi) is 4.19. The van der Waals surface area contributed by atoms with Crippen LogP contribution >= 0.6 is 0 Å². The highest BCUT2D eigenvalue weighted by molar-refractivity contribution is 5.93. The first-order chi connectivity index (χ1) is 12.7. The molecule has 0 saturated carbocycles. The summed E-state index contributed by atoms with van der Waals surface area (Å²) in [5, 5.41) is 12.1. The molecule has 2 N–H and O–H groups in total. The van der Waals surface area contributed by atoms with Gasteiger partial charge in [0.1, 0.15) is 23.1 Å². The van der Waals surface area contributed by atoms with Crippen LogP contribution in [0.1, 0.15) is 22.5 Å². The second-order valence-electron chi connectivity index (χ2n) is 6.30. The number of aromatic nitrogens is 4. The fourth-order valence-corrected chi connectivity index (χ4v) is 3.09. The Hall–Kier alpha value is -3.47. The van der Waals surface area contributed by atoms with Crippen LogP contribution in [0.25, 0.3) is 11.2 Å². The smallest absolute Gasteiger partial charge is 0.274 e. The van der Waals surface area contributed by atoms with Crippen LogP contribution in [0.4, 0.5) is 5.82 Å². The number of carbonyl (C=O) groups excluding carboxylic acids is 1. The van der Waals surface area contributed by atoms with Crippen molar-refractivity contribution in [2.24, 2.45) is 5.92 Å². The Labute approximate surface area is 149 Å². The summed E-state index contributed by atoms with van der Waals surface area (Å²) in [7, 11) is 0. The van der Waals surface area contributed by atoms with Crippen molar-refractivity contribution < 1.29 is 4.79 Å². The van der Waals surface area contributed by atoms with E-state index < -0.39 is 0 Å². The third-order valence-corrected chi connectivity index (χ3v) is 4.52. The van der Waals surface area contributed by atoms with Gasteiger partial charge in [-0.25, -0.2) is 15.0 Å². The number of carbonyl (C=O) groups is 1. The third-order valence-electron chi connectivity index (χ3n) is 4.52. The lowest BCUT2D eigenvalue weighted by atomic mass is 10.1. The van der Waals surface area contributed by atoms with Gasteiger partial charge in [-0.1, -0.05) is 0 Å². The van der Waals surface area contributed by atoms with E-state index in [1.165, 1.54) is 6.20 Å². The van der Waals surface area contributed by atoms with Gasteiger partial charge in [-0.05, 0) is 30.5 Å². The molecule has 1 aliphatic heterocycles. The van der Waals surface area contributed by atoms with E-state index in [2.05, 4.69) is 25.3 Å². The predicted octanol–water partition coefficient (Wildman–Crippen LogP) is 1.80. The summed E-state index contributed by atoms with van der Waals surface area (Å²) in [6.07, 6.45) is 5.75. The first-order valence-corrected chi connectivity index (χ1v) is 8.42. The van der Waals surface area contributed by atoms with Crippen molar-refractivity contribution in [2.75, 3.05) is 25.0 Å². The Bertz CT molecular complexity index is 973. The zero-order valence-electron chi connectivity index (χ0n) is 14.0. The Morgan fingerprint density at radius 2 is 2.27 bits per heavy atom. The van der Waals surface area contributed by atoms with Gasteiger partial charge in [0.05, 0.1) is 11.8 Å². The van der Waals surface area contributed by atoms with Gasteiger partial charge in [-0.2, -0.15) is 5.26 Å². The minimum atomic E-state index is -0.0837. The summed E-state index contributed by atoms with van der Waals surface area (Å²) < 4.78 is 0. The molecule has 0 radical (unpaired) electrons. The molecule has 1 amide bonds. The molecule has 26 heavy (non-hydrogen) atoms. The highest BCUT2D eigenvalue weighted by Crippen LogP contribution is 2.19. The molecule has 130 valence electrons. The molecule has 0 aromatic carbocycles. The topological polar surface area (TPSA) is 111 Å². The fourth-order valence-electron chi connectivity index (χ4n) is 3.09. The lowest BCUT2D eigenvalue weighted by Gasteiger charge is -2.16. The number of hydrogen-bond donors (Lipinski definition) is 2. The van der Waals surface area contributed by atoms with Crippen molar-refractivity contribution in [1.82, 2.24) is 24.8 Å². The standard InChI is InChI=1S/C18H17N7O/c19-7-12-1-2-16(21-8-12)22-9-13-4-6-25(11-13)18(26)15-10-23-17-14(24-15)3-5-20-17/h1-3,5,8,10,13H,4,6,9,11H2,(H,20,23)(H,21,22). The van der Waals surface area contributed by atoms with Crippen molar-refractivity contribution in [2.45, 2.75) is 6.42 Å². The maximum absolute atomic E-state index is 12.7. The molecule has 0 aliphatic carbocycles. The van der Waals surface area contributed by atoms with Crippen molar-refractivity contribution in [3.05, 3.63) is 48.0 Å². The van der Waals surface area contributed by atoms with Crippen LogP contribution in [0.5, 0.6) is 0 Å². The van der Waals surface area contributed by atoms with Gasteiger partial charge in [0, 0.05) is 32.0 Å². The SMILES string of the molecule is N#Cc1ccc(NCC2CCN(C(=O)c3cnc4[nH]ccc4n3)C2)nc1. The largest absolute Gasteiger partial charge is 0.370 e. The first-order valence-electron chi connectivity index (χ1n) is 8.42. The molecular formula is C18H17N7O. The molecule has 4 rings (SSSR count). The van der Waals surface area contributed by atoms with E-state index >= 15 is 0 Å². The molecule has 4 heterocycles. The molecule has 8 nitrogen and oxygen atoms in total. The third kappa shape index (κ3) is 3.19. The first kappa shape index (κ1) is 16.0. The number of nitrogens with zero attached hydrogens (tertiary/aromatic N) is 5. The van der Waals surface area contributed by atoms with Crippen LogP contribution in [0.3, 0.4) is 0 Å². The fraction of sp³-hybridized carbons (Fsp3) is 0.278. The van der Waals surface area contributed by atoms with Crippen molar-refractivity contribution in [3.63, 3.8) is 0 Å². The summed E-state index contributed by atoms with van der Waals surface area (Å²) in [5.41, 5.74) is 2.29. The number of anilines is 1. The lowest BCUT2D eigenvalue weighted by Crippen LogP contribution is -2.30. The van der Waals surface area contributed by atoms with Gasteiger partial charge >= 0.3 is 0 Å². The summed E-state index contributed by atoms with van der Waals surface area (Å²) in [6.45, 7) is 2.11. The average molecular weight is 347 g/mol. The quantitative estimate of drug-likeness (QED) is 0.744. The number of rotatable bonds is 4. The van der Waals surface area contributed by atoms with Crippen LogP contribution in [-0.4, -0.2) is 50.4 Å². The molecule has 1 aliphatic rings. The summed E-state index contributed by atoms with van der Waals surface area (Å²) in [5.74, 6) is 0.998. The van der Waals surface area contributed by atoms with Crippen LogP contribution in [0.15, 0.2) is 36.8 Å². The van der Waals surface area contributed by atoms with Crippen LogP contribution in [-0.2, 0) is 0 Å². The number of fused-ring (bicyclic) bond motifs is 1. The predicted molar refractivity (Wildman–Crippen MR) is 95.3 cm³/mol. The van der Waals surface area contributed by atoms with Gasteiger partial charge in [-0.3, -0.25) is 4.79 Å². The number of aromatic amines is 1. The molecule has 1 fully saturated rings. The Morgan fingerprint density at radius 1 is 1.35 bits per heavy atom. The number of nitrogens with one attached hydrogen (secondary N) is 2. The van der Waals surface area contributed by atoms with E-state index in [-0.39, 0.29) is 5.91 Å². The minimum Gasteiger partial charge on any atom is -0.370 e. The van der Waals surface area contributed by atoms with Gasteiger partial charge < -0.3 is 15.2 Å². The molecule has 3 aromatic heterocycles. The molecule has 0 bridgehead atoms. The van der Waals surface area contributed by atoms with Crippen LogP contribution in [0.2, 0.25) is 0 Å². The minimum absolute atomic E-state index is 0.0837. The molecule has 3 aromatic rings. The lowest BCUT2D eigenvalue weighted by molar-refractivity contribution is 0.0782. The normalized spacial score (nSPS) is 16.6. The summed E-state index contributed by atoms with van der Waals surface area (Å²) in [6, 6.07) is 7.37. The maximum Gasteiger partial charge on any atom is 0.274 e. The maximum atomic E-state index is 12.7. The monoisotopic (exact) mass is 347 g/mol. The summed E-state index contributed by atoms with van der Waals surface area (Å²) in [4.78, 5) is 30.3. The molecule has 0 spiro atoms. The molecule has 1 saturated heterocycles. The zero-order valence-corrected chi connectivity index (χ0v) is 14.0. The van der Waals surface area contributed by atoms with Gasteiger partial charge in [-0.15, -0.1) is 0 Å². The molecular weight excluding hydrogens is 330 g/mol. The zero-order chi connectivity index (χ0) is 17.9. The van der Waals surface area contributed by atoms with E-state index in [0.717, 1.165) is 18.8 Å². The van der Waals surface area contributed by atoms with Crippen molar-refractivity contribution in [3.8, 4) is 6.07 Å².